The fourth-order valence-electron chi connectivity index (χ4n) is 2.26. The lowest BCUT2D eigenvalue weighted by atomic mass is 10.1. The molecule has 0 bridgehead atoms. The molecule has 2 N–H and O–H groups in total. The molecule has 24 heavy (non-hydrogen) atoms. The van der Waals surface area contributed by atoms with E-state index >= 15 is 0 Å². The number of hydrogen-bond donors (Lipinski definition) is 2. The lowest BCUT2D eigenvalue weighted by Crippen LogP contribution is -2.41. The Morgan fingerprint density at radius 1 is 1.12 bits per heavy atom. The van der Waals surface area contributed by atoms with Gasteiger partial charge in [-0.05, 0) is 37.6 Å². The topological polar surface area (TPSA) is 48.9 Å². The molecule has 7 heteroatoms. The predicted molar refractivity (Wildman–Crippen MR) is 93.4 cm³/mol. The summed E-state index contributed by atoms with van der Waals surface area (Å²) < 4.78 is 31.3. The second-order valence-electron chi connectivity index (χ2n) is 5.60. The number of halogens is 2. The van der Waals surface area contributed by atoms with Gasteiger partial charge in [0.1, 0.15) is 11.6 Å². The van der Waals surface area contributed by atoms with Crippen molar-refractivity contribution >= 4 is 5.96 Å². The van der Waals surface area contributed by atoms with Crippen molar-refractivity contribution in [1.82, 2.24) is 15.5 Å². The second kappa shape index (κ2) is 11.8. The van der Waals surface area contributed by atoms with Crippen LogP contribution in [0.4, 0.5) is 8.78 Å². The molecule has 0 aliphatic heterocycles. The van der Waals surface area contributed by atoms with E-state index in [1.165, 1.54) is 12.1 Å². The number of aliphatic imine (C=N–C) groups is 1. The average Bonchev–Trinajstić information content (AvgIpc) is 2.52. The first-order chi connectivity index (χ1) is 11.5. The van der Waals surface area contributed by atoms with E-state index in [4.69, 9.17) is 4.74 Å². The van der Waals surface area contributed by atoms with Gasteiger partial charge in [-0.3, -0.25) is 4.99 Å². The number of nitrogens with zero attached hydrogens (tertiary/aromatic N) is 2. The van der Waals surface area contributed by atoms with Gasteiger partial charge >= 0.3 is 0 Å². The molecule has 0 heterocycles. The van der Waals surface area contributed by atoms with Crippen LogP contribution in [0.2, 0.25) is 0 Å². The summed E-state index contributed by atoms with van der Waals surface area (Å²) in [5, 5.41) is 6.36. The van der Waals surface area contributed by atoms with Crippen LogP contribution in [0.25, 0.3) is 0 Å². The van der Waals surface area contributed by atoms with Crippen LogP contribution in [-0.4, -0.2) is 64.9 Å². The zero-order chi connectivity index (χ0) is 17.8. The zero-order valence-corrected chi connectivity index (χ0v) is 14.7. The minimum atomic E-state index is -0.552. The van der Waals surface area contributed by atoms with Gasteiger partial charge in [0.15, 0.2) is 5.96 Å². The molecular weight excluding hydrogens is 314 g/mol. The zero-order valence-electron chi connectivity index (χ0n) is 14.7. The molecule has 5 nitrogen and oxygen atoms in total. The first kappa shape index (κ1) is 20.3. The molecule has 0 aliphatic rings. The maximum absolute atomic E-state index is 13.1. The summed E-state index contributed by atoms with van der Waals surface area (Å²) in [6.07, 6.45) is 1.52. The van der Waals surface area contributed by atoms with Crippen LogP contribution < -0.4 is 10.6 Å². The van der Waals surface area contributed by atoms with Crippen LogP contribution in [-0.2, 0) is 11.2 Å². The quantitative estimate of drug-likeness (QED) is 0.386. The Balaban J connectivity index is 2.23. The molecule has 0 radical (unpaired) electrons. The molecule has 0 spiro atoms. The van der Waals surface area contributed by atoms with Crippen molar-refractivity contribution in [1.29, 1.82) is 0 Å². The molecule has 0 unspecified atom stereocenters. The van der Waals surface area contributed by atoms with Crippen molar-refractivity contribution < 1.29 is 13.5 Å². The number of rotatable bonds is 10. The van der Waals surface area contributed by atoms with Gasteiger partial charge in [-0.2, -0.15) is 0 Å². The van der Waals surface area contributed by atoms with E-state index in [-0.39, 0.29) is 0 Å². The van der Waals surface area contributed by atoms with E-state index in [0.29, 0.717) is 24.5 Å². The Labute approximate surface area is 143 Å². The highest BCUT2D eigenvalue weighted by Crippen LogP contribution is 2.07. The van der Waals surface area contributed by atoms with Crippen molar-refractivity contribution in [2.45, 2.75) is 12.8 Å². The summed E-state index contributed by atoms with van der Waals surface area (Å²) in [6.45, 7) is 3.94. The molecule has 0 atom stereocenters. The van der Waals surface area contributed by atoms with E-state index in [9.17, 15) is 8.78 Å². The third kappa shape index (κ3) is 8.79. The van der Waals surface area contributed by atoms with E-state index < -0.39 is 11.6 Å². The van der Waals surface area contributed by atoms with Crippen LogP contribution in [0.3, 0.4) is 0 Å². The summed E-state index contributed by atoms with van der Waals surface area (Å²) in [5.41, 5.74) is 0.619. The number of ether oxygens (including phenoxy) is 1. The largest absolute Gasteiger partial charge is 0.385 e. The normalized spacial score (nSPS) is 11.8. The van der Waals surface area contributed by atoms with Crippen molar-refractivity contribution in [2.24, 2.45) is 4.99 Å². The maximum atomic E-state index is 13.1. The standard InChI is InChI=1S/C17H28F2N4O/c1-20-17(22-7-9-23(2)8-4-10-24-3)21-6-5-14-11-15(18)13-16(19)12-14/h11-13H,4-10H2,1-3H3,(H2,20,21,22). The summed E-state index contributed by atoms with van der Waals surface area (Å²) in [4.78, 5) is 6.35. The molecule has 0 saturated carbocycles. The predicted octanol–water partition coefficient (Wildman–Crippen LogP) is 1.64. The second-order valence-corrected chi connectivity index (χ2v) is 5.60. The molecule has 1 aromatic carbocycles. The van der Waals surface area contributed by atoms with E-state index in [1.54, 1.807) is 14.2 Å². The van der Waals surface area contributed by atoms with Gasteiger partial charge in [-0.25, -0.2) is 8.78 Å². The minimum absolute atomic E-state index is 0.520. The summed E-state index contributed by atoms with van der Waals surface area (Å²) in [7, 11) is 5.46. The molecule has 0 aliphatic carbocycles. The van der Waals surface area contributed by atoms with E-state index in [2.05, 4.69) is 27.6 Å². The van der Waals surface area contributed by atoms with Crippen molar-refractivity contribution in [2.75, 3.05) is 54.0 Å². The molecule has 0 fully saturated rings. The smallest absolute Gasteiger partial charge is 0.191 e. The number of likely N-dealkylation sites (N-methyl/N-ethyl adjacent to an activating group) is 1. The van der Waals surface area contributed by atoms with Gasteiger partial charge in [0.25, 0.3) is 0 Å². The highest BCUT2D eigenvalue weighted by molar-refractivity contribution is 5.79. The molecule has 0 saturated heterocycles. The van der Waals surface area contributed by atoms with Gasteiger partial charge in [0.2, 0.25) is 0 Å². The first-order valence-corrected chi connectivity index (χ1v) is 8.12. The average molecular weight is 342 g/mol. The molecule has 0 aromatic heterocycles. The Morgan fingerprint density at radius 2 is 1.79 bits per heavy atom. The Bertz CT molecular complexity index is 491. The molecule has 0 amide bonds. The van der Waals surface area contributed by atoms with Gasteiger partial charge in [-0.15, -0.1) is 0 Å². The number of nitrogens with one attached hydrogen (secondary N) is 2. The Morgan fingerprint density at radius 3 is 2.42 bits per heavy atom. The van der Waals surface area contributed by atoms with Crippen molar-refractivity contribution in [3.8, 4) is 0 Å². The van der Waals surface area contributed by atoms with E-state index in [1.807, 2.05) is 0 Å². The minimum Gasteiger partial charge on any atom is -0.385 e. The van der Waals surface area contributed by atoms with Crippen LogP contribution in [0.5, 0.6) is 0 Å². The van der Waals surface area contributed by atoms with Gasteiger partial charge in [0, 0.05) is 53.0 Å². The fourth-order valence-corrected chi connectivity index (χ4v) is 2.26. The summed E-state index contributed by atoms with van der Waals surface area (Å²) >= 11 is 0. The third-order valence-electron chi connectivity index (χ3n) is 3.53. The lowest BCUT2D eigenvalue weighted by Gasteiger charge is -2.18. The highest BCUT2D eigenvalue weighted by atomic mass is 19.1. The number of benzene rings is 1. The van der Waals surface area contributed by atoms with Crippen LogP contribution in [0.1, 0.15) is 12.0 Å². The maximum Gasteiger partial charge on any atom is 0.191 e. The third-order valence-corrected chi connectivity index (χ3v) is 3.53. The van der Waals surface area contributed by atoms with Crippen molar-refractivity contribution in [3.63, 3.8) is 0 Å². The van der Waals surface area contributed by atoms with Crippen LogP contribution >= 0.6 is 0 Å². The van der Waals surface area contributed by atoms with E-state index in [0.717, 1.165) is 38.7 Å². The first-order valence-electron chi connectivity index (χ1n) is 8.12. The molecular formula is C17H28F2N4O. The van der Waals surface area contributed by atoms with Gasteiger partial charge in [0.05, 0.1) is 0 Å². The summed E-state index contributed by atoms with van der Waals surface area (Å²) in [6, 6.07) is 3.56. The van der Waals surface area contributed by atoms with Crippen LogP contribution in [0.15, 0.2) is 23.2 Å². The molecule has 136 valence electrons. The Hall–Kier alpha value is -1.73. The van der Waals surface area contributed by atoms with Crippen molar-refractivity contribution in [3.05, 3.63) is 35.4 Å². The van der Waals surface area contributed by atoms with Gasteiger partial charge < -0.3 is 20.3 Å². The van der Waals surface area contributed by atoms with Crippen LogP contribution in [0, 0.1) is 11.6 Å². The SMILES string of the molecule is CN=C(NCCc1cc(F)cc(F)c1)NCCN(C)CCCOC. The summed E-state index contributed by atoms with van der Waals surface area (Å²) in [5.74, 6) is -0.426. The molecule has 1 rings (SSSR count). The highest BCUT2D eigenvalue weighted by Gasteiger charge is 2.03. The number of hydrogen-bond acceptors (Lipinski definition) is 3. The number of methoxy groups -OCH3 is 1. The monoisotopic (exact) mass is 342 g/mol. The fraction of sp³-hybridized carbons (Fsp3) is 0.588. The lowest BCUT2D eigenvalue weighted by molar-refractivity contribution is 0.180. The van der Waals surface area contributed by atoms with Gasteiger partial charge in [-0.1, -0.05) is 0 Å². The number of guanidine groups is 1. The molecule has 1 aromatic rings. The Kier molecular flexibility index (Phi) is 9.95.